The molecule has 160 valence electrons. The molecular formula is C19H33IN4O4. The number of guanidine groups is 1. The molecule has 2 rings (SSSR count). The number of rotatable bonds is 10. The van der Waals surface area contributed by atoms with Gasteiger partial charge in [0.1, 0.15) is 11.5 Å². The van der Waals surface area contributed by atoms with Gasteiger partial charge in [0.2, 0.25) is 0 Å². The Morgan fingerprint density at radius 1 is 1.11 bits per heavy atom. The first-order chi connectivity index (χ1) is 13.2. The van der Waals surface area contributed by atoms with E-state index in [1.807, 2.05) is 18.2 Å². The van der Waals surface area contributed by atoms with Gasteiger partial charge in [0, 0.05) is 63.7 Å². The van der Waals surface area contributed by atoms with Gasteiger partial charge in [-0.15, -0.1) is 24.0 Å². The number of nitrogens with one attached hydrogen (secondary N) is 2. The Hall–Kier alpha value is -1.46. The smallest absolute Gasteiger partial charge is 0.191 e. The Morgan fingerprint density at radius 3 is 2.43 bits per heavy atom. The predicted molar refractivity (Wildman–Crippen MR) is 123 cm³/mol. The SMILES string of the molecule is CN=C(NCCOCCOC)NC1CCN(c2cc(OC)cc(OC)c2)C1.I. The summed E-state index contributed by atoms with van der Waals surface area (Å²) < 4.78 is 21.2. The molecule has 0 saturated carbocycles. The summed E-state index contributed by atoms with van der Waals surface area (Å²) >= 11 is 0. The maximum absolute atomic E-state index is 5.46. The van der Waals surface area contributed by atoms with Crippen LogP contribution in [0.2, 0.25) is 0 Å². The van der Waals surface area contributed by atoms with Crippen LogP contribution >= 0.6 is 24.0 Å². The van der Waals surface area contributed by atoms with Gasteiger partial charge in [0.05, 0.1) is 34.0 Å². The molecule has 0 spiro atoms. The van der Waals surface area contributed by atoms with Gasteiger partial charge in [0.25, 0.3) is 0 Å². The van der Waals surface area contributed by atoms with E-state index in [1.165, 1.54) is 0 Å². The number of nitrogens with zero attached hydrogens (tertiary/aromatic N) is 2. The topological polar surface area (TPSA) is 76.6 Å². The van der Waals surface area contributed by atoms with Crippen molar-refractivity contribution in [2.45, 2.75) is 12.5 Å². The molecule has 0 bridgehead atoms. The Morgan fingerprint density at radius 2 is 1.82 bits per heavy atom. The highest BCUT2D eigenvalue weighted by molar-refractivity contribution is 14.0. The lowest BCUT2D eigenvalue weighted by atomic mass is 10.2. The first-order valence-corrected chi connectivity index (χ1v) is 9.22. The van der Waals surface area contributed by atoms with Crippen LogP contribution in [-0.2, 0) is 9.47 Å². The van der Waals surface area contributed by atoms with Crippen LogP contribution in [0.4, 0.5) is 5.69 Å². The number of hydrogen-bond acceptors (Lipinski definition) is 6. The molecule has 9 heteroatoms. The zero-order valence-corrected chi connectivity index (χ0v) is 19.5. The lowest BCUT2D eigenvalue weighted by Crippen LogP contribution is -2.45. The molecule has 1 fully saturated rings. The summed E-state index contributed by atoms with van der Waals surface area (Å²) in [6, 6.07) is 6.28. The number of ether oxygens (including phenoxy) is 4. The Balaban J connectivity index is 0.00000392. The molecule has 0 aliphatic carbocycles. The van der Waals surface area contributed by atoms with Crippen LogP contribution in [0, 0.1) is 0 Å². The Labute approximate surface area is 185 Å². The fraction of sp³-hybridized carbons (Fsp3) is 0.632. The minimum absolute atomic E-state index is 0. The number of methoxy groups -OCH3 is 3. The van der Waals surface area contributed by atoms with E-state index in [-0.39, 0.29) is 24.0 Å². The maximum atomic E-state index is 5.46. The quantitative estimate of drug-likeness (QED) is 0.216. The van der Waals surface area contributed by atoms with Gasteiger partial charge in [0.15, 0.2) is 5.96 Å². The summed E-state index contributed by atoms with van der Waals surface area (Å²) in [6.45, 7) is 4.38. The van der Waals surface area contributed by atoms with Crippen molar-refractivity contribution >= 4 is 35.6 Å². The van der Waals surface area contributed by atoms with Crippen LogP contribution < -0.4 is 25.0 Å². The summed E-state index contributed by atoms with van der Waals surface area (Å²) in [4.78, 5) is 6.62. The van der Waals surface area contributed by atoms with Gasteiger partial charge in [-0.05, 0) is 6.42 Å². The molecule has 1 aliphatic rings. The predicted octanol–water partition coefficient (Wildman–Crippen LogP) is 1.73. The van der Waals surface area contributed by atoms with E-state index in [4.69, 9.17) is 18.9 Å². The van der Waals surface area contributed by atoms with E-state index in [2.05, 4.69) is 20.5 Å². The lowest BCUT2D eigenvalue weighted by Gasteiger charge is -2.21. The van der Waals surface area contributed by atoms with Crippen LogP contribution in [-0.4, -0.2) is 79.8 Å². The third-order valence-corrected chi connectivity index (χ3v) is 4.42. The molecule has 1 heterocycles. The Kier molecular flexibility index (Phi) is 12.0. The lowest BCUT2D eigenvalue weighted by molar-refractivity contribution is 0.0733. The summed E-state index contributed by atoms with van der Waals surface area (Å²) in [5, 5.41) is 6.76. The second-order valence-electron chi connectivity index (χ2n) is 6.25. The molecule has 2 N–H and O–H groups in total. The summed E-state index contributed by atoms with van der Waals surface area (Å²) in [7, 11) is 6.78. The largest absolute Gasteiger partial charge is 0.497 e. The number of anilines is 1. The van der Waals surface area contributed by atoms with Crippen molar-refractivity contribution in [1.82, 2.24) is 10.6 Å². The molecular weight excluding hydrogens is 475 g/mol. The molecule has 1 aromatic carbocycles. The summed E-state index contributed by atoms with van der Waals surface area (Å²) in [5.74, 6) is 2.39. The highest BCUT2D eigenvalue weighted by Crippen LogP contribution is 2.30. The van der Waals surface area contributed by atoms with Gasteiger partial charge in [-0.2, -0.15) is 0 Å². The average Bonchev–Trinajstić information content (AvgIpc) is 3.17. The molecule has 0 radical (unpaired) electrons. The van der Waals surface area contributed by atoms with Gasteiger partial charge in [-0.1, -0.05) is 0 Å². The van der Waals surface area contributed by atoms with Crippen molar-refractivity contribution in [2.75, 3.05) is 72.7 Å². The second kappa shape index (κ2) is 13.7. The molecule has 28 heavy (non-hydrogen) atoms. The van der Waals surface area contributed by atoms with Crippen molar-refractivity contribution < 1.29 is 18.9 Å². The van der Waals surface area contributed by atoms with E-state index < -0.39 is 0 Å². The van der Waals surface area contributed by atoms with Crippen LogP contribution in [0.5, 0.6) is 11.5 Å². The van der Waals surface area contributed by atoms with Gasteiger partial charge < -0.3 is 34.5 Å². The number of benzene rings is 1. The Bertz CT molecular complexity index is 581. The van der Waals surface area contributed by atoms with Crippen molar-refractivity contribution in [1.29, 1.82) is 0 Å². The molecule has 0 amide bonds. The third kappa shape index (κ3) is 7.88. The number of halogens is 1. The summed E-state index contributed by atoms with van der Waals surface area (Å²) in [6.07, 6.45) is 1.03. The normalized spacial score (nSPS) is 16.5. The molecule has 0 aromatic heterocycles. The second-order valence-corrected chi connectivity index (χ2v) is 6.25. The number of aliphatic imine (C=N–C) groups is 1. The first-order valence-electron chi connectivity index (χ1n) is 9.22. The van der Waals surface area contributed by atoms with Crippen molar-refractivity contribution in [3.8, 4) is 11.5 Å². The van der Waals surface area contributed by atoms with E-state index in [0.29, 0.717) is 32.4 Å². The molecule has 1 aliphatic heterocycles. The van der Waals surface area contributed by atoms with Gasteiger partial charge >= 0.3 is 0 Å². The first kappa shape index (κ1) is 24.6. The van der Waals surface area contributed by atoms with Crippen LogP contribution in [0.15, 0.2) is 23.2 Å². The fourth-order valence-corrected chi connectivity index (χ4v) is 2.96. The van der Waals surface area contributed by atoms with Gasteiger partial charge in [-0.3, -0.25) is 4.99 Å². The number of hydrogen-bond donors (Lipinski definition) is 2. The maximum Gasteiger partial charge on any atom is 0.191 e. The van der Waals surface area contributed by atoms with Crippen molar-refractivity contribution in [3.05, 3.63) is 18.2 Å². The van der Waals surface area contributed by atoms with Crippen molar-refractivity contribution in [2.24, 2.45) is 4.99 Å². The third-order valence-electron chi connectivity index (χ3n) is 4.42. The highest BCUT2D eigenvalue weighted by Gasteiger charge is 2.24. The van der Waals surface area contributed by atoms with Crippen LogP contribution in [0.1, 0.15) is 6.42 Å². The highest BCUT2D eigenvalue weighted by atomic mass is 127. The van der Waals surface area contributed by atoms with Crippen molar-refractivity contribution in [3.63, 3.8) is 0 Å². The van der Waals surface area contributed by atoms with E-state index in [1.54, 1.807) is 28.4 Å². The molecule has 8 nitrogen and oxygen atoms in total. The molecule has 1 unspecified atom stereocenters. The van der Waals surface area contributed by atoms with E-state index in [0.717, 1.165) is 42.7 Å². The average molecular weight is 508 g/mol. The summed E-state index contributed by atoms with van der Waals surface area (Å²) in [5.41, 5.74) is 1.10. The zero-order chi connectivity index (χ0) is 19.5. The van der Waals surface area contributed by atoms with Gasteiger partial charge in [-0.25, -0.2) is 0 Å². The standard InChI is InChI=1S/C19H32N4O4.HI/c1-20-19(21-6-8-27-10-9-24-2)22-15-5-7-23(14-15)16-11-17(25-3)13-18(12-16)26-4;/h11-13,15H,5-10,14H2,1-4H3,(H2,20,21,22);1H. The molecule has 1 aromatic rings. The zero-order valence-electron chi connectivity index (χ0n) is 17.2. The van der Waals surface area contributed by atoms with Crippen LogP contribution in [0.25, 0.3) is 0 Å². The molecule has 1 atom stereocenters. The van der Waals surface area contributed by atoms with E-state index in [9.17, 15) is 0 Å². The fourth-order valence-electron chi connectivity index (χ4n) is 2.96. The molecule has 1 saturated heterocycles. The minimum atomic E-state index is 0. The monoisotopic (exact) mass is 508 g/mol. The van der Waals surface area contributed by atoms with Crippen LogP contribution in [0.3, 0.4) is 0 Å². The minimum Gasteiger partial charge on any atom is -0.497 e. The van der Waals surface area contributed by atoms with E-state index >= 15 is 0 Å².